The summed E-state index contributed by atoms with van der Waals surface area (Å²) in [7, 11) is 0. The number of carbonyl (C=O) groups is 1. The topological polar surface area (TPSA) is 35.5 Å². The molecule has 0 fully saturated rings. The first-order valence-corrected chi connectivity index (χ1v) is 8.17. The number of ether oxygens (including phenoxy) is 2. The minimum Gasteiger partial charge on any atom is -0.463 e. The molecule has 1 atom stereocenters. The minimum absolute atomic E-state index is 0.327. The smallest absolute Gasteiger partial charge is 0.336 e. The molecule has 0 aliphatic rings. The predicted molar refractivity (Wildman–Crippen MR) is 95.7 cm³/mol. The van der Waals surface area contributed by atoms with Crippen molar-refractivity contribution < 1.29 is 14.3 Å². The first-order valence-electron chi connectivity index (χ1n) is 8.17. The molecule has 3 heteroatoms. The van der Waals surface area contributed by atoms with Gasteiger partial charge in [0.15, 0.2) is 0 Å². The Hall–Kier alpha value is -2.39. The molecule has 0 aliphatic carbocycles. The molecule has 1 unspecified atom stereocenters. The lowest BCUT2D eigenvalue weighted by molar-refractivity contribution is -0.140. The molecule has 0 spiro atoms. The van der Waals surface area contributed by atoms with Crippen molar-refractivity contribution in [2.24, 2.45) is 0 Å². The molecule has 0 aliphatic heterocycles. The number of hydrogen-bond donors (Lipinski definition) is 0. The summed E-state index contributed by atoms with van der Waals surface area (Å²) < 4.78 is 11.1. The summed E-state index contributed by atoms with van der Waals surface area (Å²) in [5.74, 6) is -0.401. The van der Waals surface area contributed by atoms with Crippen LogP contribution < -0.4 is 0 Å². The summed E-state index contributed by atoms with van der Waals surface area (Å²) in [6.07, 6.45) is 0.178. The molecular weight excluding hydrogens is 300 g/mol. The van der Waals surface area contributed by atoms with Crippen LogP contribution in [-0.4, -0.2) is 18.7 Å². The van der Waals surface area contributed by atoms with Gasteiger partial charge in [-0.15, -0.1) is 0 Å². The van der Waals surface area contributed by atoms with Crippen molar-refractivity contribution >= 4 is 5.97 Å². The van der Waals surface area contributed by atoms with Gasteiger partial charge >= 0.3 is 5.97 Å². The van der Waals surface area contributed by atoms with Crippen LogP contribution in [0.15, 0.2) is 66.7 Å². The number of rotatable bonds is 8. The lowest BCUT2D eigenvalue weighted by Gasteiger charge is -2.19. The van der Waals surface area contributed by atoms with Crippen molar-refractivity contribution in [2.75, 3.05) is 6.61 Å². The summed E-state index contributed by atoms with van der Waals surface area (Å²) in [6, 6.07) is 18.1. The van der Waals surface area contributed by atoms with Gasteiger partial charge in [-0.3, -0.25) is 0 Å². The zero-order chi connectivity index (χ0) is 17.4. The highest BCUT2D eigenvalue weighted by Crippen LogP contribution is 2.16. The first-order chi connectivity index (χ1) is 11.6. The van der Waals surface area contributed by atoms with Gasteiger partial charge in [0.05, 0.1) is 24.9 Å². The Balaban J connectivity index is 2.07. The summed E-state index contributed by atoms with van der Waals surface area (Å²) in [6.45, 7) is 8.48. The maximum atomic E-state index is 12.0. The molecule has 0 bridgehead atoms. The van der Waals surface area contributed by atoms with Gasteiger partial charge in [0, 0.05) is 6.42 Å². The van der Waals surface area contributed by atoms with Crippen molar-refractivity contribution in [1.82, 2.24) is 0 Å². The summed E-state index contributed by atoms with van der Waals surface area (Å²) in [4.78, 5) is 12.0. The van der Waals surface area contributed by atoms with Crippen molar-refractivity contribution in [3.63, 3.8) is 0 Å². The van der Waals surface area contributed by atoms with E-state index in [2.05, 4.69) is 6.58 Å². The van der Waals surface area contributed by atoms with Crippen molar-refractivity contribution in [1.29, 1.82) is 0 Å². The van der Waals surface area contributed by atoms with E-state index in [4.69, 9.17) is 9.47 Å². The standard InChI is InChI=1S/C21H24O3/c1-4-23-21(22)17(3)20(14-18-8-6-5-7-9-18)24-15-19-12-10-16(2)11-13-19/h5-13,20H,3-4,14-15H2,1-2H3. The highest BCUT2D eigenvalue weighted by Gasteiger charge is 2.21. The van der Waals surface area contributed by atoms with E-state index >= 15 is 0 Å². The predicted octanol–water partition coefficient (Wildman–Crippen LogP) is 4.24. The molecule has 126 valence electrons. The minimum atomic E-state index is -0.409. The zero-order valence-electron chi connectivity index (χ0n) is 14.3. The van der Waals surface area contributed by atoms with Gasteiger partial charge in [0.1, 0.15) is 0 Å². The molecule has 2 rings (SSSR count). The quantitative estimate of drug-likeness (QED) is 0.538. The van der Waals surface area contributed by atoms with Crippen LogP contribution in [0.2, 0.25) is 0 Å². The fourth-order valence-electron chi connectivity index (χ4n) is 2.35. The monoisotopic (exact) mass is 324 g/mol. The van der Waals surface area contributed by atoms with Crippen LogP contribution in [-0.2, 0) is 27.3 Å². The lowest BCUT2D eigenvalue weighted by atomic mass is 10.0. The normalized spacial score (nSPS) is 11.8. The number of carbonyl (C=O) groups excluding carboxylic acids is 1. The van der Waals surface area contributed by atoms with Crippen LogP contribution in [0.1, 0.15) is 23.6 Å². The van der Waals surface area contributed by atoms with Crippen LogP contribution in [0, 0.1) is 6.92 Å². The van der Waals surface area contributed by atoms with E-state index in [1.54, 1.807) is 6.92 Å². The largest absolute Gasteiger partial charge is 0.463 e. The SMILES string of the molecule is C=C(C(=O)OCC)C(Cc1ccccc1)OCc1ccc(C)cc1. The second-order valence-corrected chi connectivity index (χ2v) is 5.72. The van der Waals surface area contributed by atoms with E-state index in [0.29, 0.717) is 25.2 Å². The second kappa shape index (κ2) is 9.04. The number of benzene rings is 2. The third-order valence-corrected chi connectivity index (χ3v) is 3.76. The van der Waals surface area contributed by atoms with Gasteiger partial charge in [-0.25, -0.2) is 4.79 Å². The van der Waals surface area contributed by atoms with Crippen molar-refractivity contribution in [2.45, 2.75) is 33.0 Å². The van der Waals surface area contributed by atoms with Crippen LogP contribution in [0.5, 0.6) is 0 Å². The van der Waals surface area contributed by atoms with E-state index < -0.39 is 12.1 Å². The van der Waals surface area contributed by atoms with E-state index in [0.717, 1.165) is 11.1 Å². The third-order valence-electron chi connectivity index (χ3n) is 3.76. The van der Waals surface area contributed by atoms with Gasteiger partial charge in [-0.1, -0.05) is 66.7 Å². The molecule has 0 amide bonds. The van der Waals surface area contributed by atoms with Gasteiger partial charge in [-0.05, 0) is 25.0 Å². The number of esters is 1. The summed E-state index contributed by atoms with van der Waals surface area (Å²) >= 11 is 0. The van der Waals surface area contributed by atoms with Crippen LogP contribution >= 0.6 is 0 Å². The molecule has 0 N–H and O–H groups in total. The Morgan fingerprint density at radius 1 is 1.04 bits per heavy atom. The Kier molecular flexibility index (Phi) is 6.76. The Morgan fingerprint density at radius 2 is 1.71 bits per heavy atom. The average molecular weight is 324 g/mol. The van der Waals surface area contributed by atoms with Crippen LogP contribution in [0.3, 0.4) is 0 Å². The maximum absolute atomic E-state index is 12.0. The Morgan fingerprint density at radius 3 is 2.33 bits per heavy atom. The molecule has 0 aromatic heterocycles. The highest BCUT2D eigenvalue weighted by molar-refractivity contribution is 5.88. The van der Waals surface area contributed by atoms with Crippen molar-refractivity contribution in [3.05, 3.63) is 83.4 Å². The fourth-order valence-corrected chi connectivity index (χ4v) is 2.35. The molecule has 24 heavy (non-hydrogen) atoms. The van der Waals surface area contributed by atoms with Crippen LogP contribution in [0.4, 0.5) is 0 Å². The van der Waals surface area contributed by atoms with E-state index in [-0.39, 0.29) is 0 Å². The molecule has 2 aromatic rings. The molecule has 2 aromatic carbocycles. The zero-order valence-corrected chi connectivity index (χ0v) is 14.3. The lowest BCUT2D eigenvalue weighted by Crippen LogP contribution is -2.25. The maximum Gasteiger partial charge on any atom is 0.336 e. The molecule has 3 nitrogen and oxygen atoms in total. The van der Waals surface area contributed by atoms with E-state index in [1.807, 2.05) is 61.5 Å². The Bertz CT molecular complexity index is 659. The summed E-state index contributed by atoms with van der Waals surface area (Å²) in [5, 5.41) is 0. The van der Waals surface area contributed by atoms with Gasteiger partial charge < -0.3 is 9.47 Å². The summed E-state index contributed by atoms with van der Waals surface area (Å²) in [5.41, 5.74) is 3.72. The molecule has 0 radical (unpaired) electrons. The number of aryl methyl sites for hydroxylation is 1. The average Bonchev–Trinajstić information content (AvgIpc) is 2.60. The van der Waals surface area contributed by atoms with Gasteiger partial charge in [0.25, 0.3) is 0 Å². The third kappa shape index (κ3) is 5.36. The Labute approximate surface area is 143 Å². The molecule has 0 heterocycles. The molecule has 0 saturated carbocycles. The second-order valence-electron chi connectivity index (χ2n) is 5.72. The fraction of sp³-hybridized carbons (Fsp3) is 0.286. The highest BCUT2D eigenvalue weighted by atomic mass is 16.5. The molecular formula is C21H24O3. The van der Waals surface area contributed by atoms with Crippen molar-refractivity contribution in [3.8, 4) is 0 Å². The van der Waals surface area contributed by atoms with Crippen LogP contribution in [0.25, 0.3) is 0 Å². The van der Waals surface area contributed by atoms with Gasteiger partial charge in [0.2, 0.25) is 0 Å². The molecule has 0 saturated heterocycles. The number of hydrogen-bond acceptors (Lipinski definition) is 3. The van der Waals surface area contributed by atoms with E-state index in [1.165, 1.54) is 5.56 Å². The first kappa shape index (κ1) is 18.0. The van der Waals surface area contributed by atoms with Gasteiger partial charge in [-0.2, -0.15) is 0 Å². The van der Waals surface area contributed by atoms with E-state index in [9.17, 15) is 4.79 Å².